The summed E-state index contributed by atoms with van der Waals surface area (Å²) in [5.41, 5.74) is 2.28. The van der Waals surface area contributed by atoms with Crippen molar-refractivity contribution in [3.8, 4) is 5.75 Å². The molecule has 1 amide bonds. The van der Waals surface area contributed by atoms with Gasteiger partial charge in [-0.15, -0.1) is 0 Å². The molecule has 0 N–H and O–H groups in total. The van der Waals surface area contributed by atoms with E-state index in [1.165, 1.54) is 16.6 Å². The zero-order valence-electron chi connectivity index (χ0n) is 21.2. The second kappa shape index (κ2) is 9.83. The topological polar surface area (TPSA) is 90.2 Å². The Kier molecular flexibility index (Phi) is 6.83. The molecule has 3 aromatic rings. The summed E-state index contributed by atoms with van der Waals surface area (Å²) in [6.45, 7) is 5.19. The molecule has 2 aromatic carbocycles. The number of ether oxygens (including phenoxy) is 2. The molecule has 3 heterocycles. The van der Waals surface area contributed by atoms with Gasteiger partial charge in [-0.1, -0.05) is 38.9 Å². The molecule has 0 bridgehead atoms. The Balaban J connectivity index is 1.87. The van der Waals surface area contributed by atoms with Gasteiger partial charge in [0, 0.05) is 27.7 Å². The summed E-state index contributed by atoms with van der Waals surface area (Å²) >= 11 is 10.9. The molecular weight excluding hydrogens is 594 g/mol. The lowest BCUT2D eigenvalue weighted by molar-refractivity contribution is -0.143. The predicted molar refractivity (Wildman–Crippen MR) is 149 cm³/mol. The van der Waals surface area contributed by atoms with Crippen molar-refractivity contribution in [1.82, 2.24) is 4.57 Å². The molecule has 0 saturated heterocycles. The van der Waals surface area contributed by atoms with Crippen LogP contribution in [0, 0.1) is 0 Å². The van der Waals surface area contributed by atoms with Gasteiger partial charge in [-0.25, -0.2) is 9.79 Å². The van der Waals surface area contributed by atoms with E-state index >= 15 is 0 Å². The van der Waals surface area contributed by atoms with E-state index in [1.54, 1.807) is 46.0 Å². The van der Waals surface area contributed by atoms with Crippen LogP contribution in [-0.2, 0) is 14.3 Å². The predicted octanol–water partition coefficient (Wildman–Crippen LogP) is 3.96. The van der Waals surface area contributed by atoms with Crippen LogP contribution in [-0.4, -0.2) is 36.7 Å². The van der Waals surface area contributed by atoms with Gasteiger partial charge in [-0.3, -0.25) is 14.2 Å². The molecule has 2 aliphatic heterocycles. The van der Waals surface area contributed by atoms with Crippen LogP contribution in [0.2, 0.25) is 5.02 Å². The zero-order valence-corrected chi connectivity index (χ0v) is 24.3. The van der Waals surface area contributed by atoms with Crippen LogP contribution >= 0.6 is 38.9 Å². The number of carbonyl (C=O) groups excluding carboxylic acids is 2. The van der Waals surface area contributed by atoms with Gasteiger partial charge in [0.25, 0.3) is 11.5 Å². The van der Waals surface area contributed by atoms with Crippen molar-refractivity contribution < 1.29 is 19.1 Å². The van der Waals surface area contributed by atoms with E-state index in [-0.39, 0.29) is 21.6 Å². The largest absolute Gasteiger partial charge is 0.496 e. The van der Waals surface area contributed by atoms with Gasteiger partial charge in [-0.05, 0) is 57.2 Å². The fourth-order valence-corrected chi connectivity index (χ4v) is 6.41. The van der Waals surface area contributed by atoms with E-state index < -0.39 is 23.7 Å². The third-order valence-electron chi connectivity index (χ3n) is 6.38. The SMILES string of the molecule is COc1ccc(Cl)cc1[C@@H]1C(C(=O)OC(C)C)=C(C)N=c2s/c(=C3/C(=O)N(C)c4ccc(Br)cc43)c(=O)n21. The van der Waals surface area contributed by atoms with Crippen molar-refractivity contribution in [1.29, 1.82) is 0 Å². The van der Waals surface area contributed by atoms with Crippen LogP contribution in [0.15, 0.2) is 61.9 Å². The second-order valence-electron chi connectivity index (χ2n) is 9.14. The Morgan fingerprint density at radius 1 is 1.18 bits per heavy atom. The minimum absolute atomic E-state index is 0.196. The van der Waals surface area contributed by atoms with Crippen molar-refractivity contribution >= 4 is 62.0 Å². The normalized spacial score (nSPS) is 17.9. The summed E-state index contributed by atoms with van der Waals surface area (Å²) < 4.78 is 13.6. The Labute approximate surface area is 235 Å². The van der Waals surface area contributed by atoms with E-state index in [9.17, 15) is 14.4 Å². The molecule has 0 fully saturated rings. The number of carbonyl (C=O) groups is 2. The number of hydrogen-bond donors (Lipinski definition) is 0. The highest BCUT2D eigenvalue weighted by atomic mass is 79.9. The summed E-state index contributed by atoms with van der Waals surface area (Å²) in [6.07, 6.45) is -0.391. The number of nitrogens with zero attached hydrogens (tertiary/aromatic N) is 3. The van der Waals surface area contributed by atoms with Gasteiger partial charge in [0.15, 0.2) is 4.80 Å². The Hall–Kier alpha value is -3.21. The maximum Gasteiger partial charge on any atom is 0.338 e. The number of rotatable bonds is 4. The average molecular weight is 617 g/mol. The Morgan fingerprint density at radius 2 is 1.92 bits per heavy atom. The highest BCUT2D eigenvalue weighted by Gasteiger charge is 2.38. The molecule has 0 radical (unpaired) electrons. The molecule has 1 aromatic heterocycles. The number of aromatic nitrogens is 1. The Bertz CT molecular complexity index is 1740. The standard InChI is InChI=1S/C27H23BrClN3O5S/c1-12(2)37-26(35)20-13(3)30-27-32(22(20)17-11-15(29)7-9-19(17)36-5)25(34)23(38-27)21-16-10-14(28)6-8-18(16)31(4)24(21)33/h6-12,22H,1-5H3/b23-21+/t22-/m1/s1. The molecule has 196 valence electrons. The van der Waals surface area contributed by atoms with Crippen LogP contribution in [0.3, 0.4) is 0 Å². The van der Waals surface area contributed by atoms with Crippen molar-refractivity contribution in [3.05, 3.63) is 88.0 Å². The number of halogens is 2. The van der Waals surface area contributed by atoms with Gasteiger partial charge in [0.1, 0.15) is 16.3 Å². The number of hydrogen-bond acceptors (Lipinski definition) is 7. The number of likely N-dealkylation sites (N-methyl/N-ethyl adjacent to an activating group) is 1. The molecule has 0 unspecified atom stereocenters. The molecular formula is C27H23BrClN3O5S. The van der Waals surface area contributed by atoms with E-state index in [2.05, 4.69) is 20.9 Å². The van der Waals surface area contributed by atoms with E-state index in [0.717, 1.165) is 15.8 Å². The number of thiazole rings is 1. The number of benzene rings is 2. The zero-order chi connectivity index (χ0) is 27.5. The van der Waals surface area contributed by atoms with Crippen LogP contribution < -0.4 is 24.5 Å². The van der Waals surface area contributed by atoms with Gasteiger partial charge in [-0.2, -0.15) is 0 Å². The summed E-state index contributed by atoms with van der Waals surface area (Å²) in [5, 5.41) is 0.406. The van der Waals surface area contributed by atoms with Crippen LogP contribution in [0.1, 0.15) is 37.9 Å². The second-order valence-corrected chi connectivity index (χ2v) is 11.5. The molecule has 2 aliphatic rings. The fourth-order valence-electron chi connectivity index (χ4n) is 4.74. The van der Waals surface area contributed by atoms with Crippen LogP contribution in [0.5, 0.6) is 5.75 Å². The van der Waals surface area contributed by atoms with E-state index in [0.29, 0.717) is 38.1 Å². The van der Waals surface area contributed by atoms with Crippen LogP contribution in [0.25, 0.3) is 5.57 Å². The lowest BCUT2D eigenvalue weighted by Gasteiger charge is -2.26. The monoisotopic (exact) mass is 615 g/mol. The molecule has 5 rings (SSSR count). The molecule has 0 aliphatic carbocycles. The van der Waals surface area contributed by atoms with E-state index in [1.807, 2.05) is 18.2 Å². The van der Waals surface area contributed by atoms with Gasteiger partial charge < -0.3 is 14.4 Å². The van der Waals surface area contributed by atoms with Crippen molar-refractivity contribution in [3.63, 3.8) is 0 Å². The van der Waals surface area contributed by atoms with Crippen molar-refractivity contribution in [2.24, 2.45) is 4.99 Å². The average Bonchev–Trinajstić information content (AvgIpc) is 3.29. The Morgan fingerprint density at radius 3 is 2.61 bits per heavy atom. The number of methoxy groups -OCH3 is 1. The van der Waals surface area contributed by atoms with Crippen molar-refractivity contribution in [2.75, 3.05) is 19.1 Å². The first-order valence-electron chi connectivity index (χ1n) is 11.7. The maximum absolute atomic E-state index is 14.2. The minimum atomic E-state index is -0.934. The first-order chi connectivity index (χ1) is 18.0. The highest BCUT2D eigenvalue weighted by molar-refractivity contribution is 9.10. The molecule has 38 heavy (non-hydrogen) atoms. The van der Waals surface area contributed by atoms with Gasteiger partial charge in [0.05, 0.1) is 35.7 Å². The molecule has 0 saturated carbocycles. The molecule has 11 heteroatoms. The minimum Gasteiger partial charge on any atom is -0.496 e. The molecule has 0 spiro atoms. The number of fused-ring (bicyclic) bond motifs is 2. The van der Waals surface area contributed by atoms with Gasteiger partial charge in [0.2, 0.25) is 0 Å². The van der Waals surface area contributed by atoms with E-state index in [4.69, 9.17) is 21.1 Å². The summed E-state index contributed by atoms with van der Waals surface area (Å²) in [7, 11) is 3.17. The van der Waals surface area contributed by atoms with Crippen LogP contribution in [0.4, 0.5) is 5.69 Å². The lowest BCUT2D eigenvalue weighted by atomic mass is 9.95. The van der Waals surface area contributed by atoms with Gasteiger partial charge >= 0.3 is 5.97 Å². The third-order valence-corrected chi connectivity index (χ3v) is 8.16. The summed E-state index contributed by atoms with van der Waals surface area (Å²) in [6, 6.07) is 9.56. The molecule has 1 atom stereocenters. The number of esters is 1. The first kappa shape index (κ1) is 26.4. The smallest absolute Gasteiger partial charge is 0.338 e. The van der Waals surface area contributed by atoms with Crippen molar-refractivity contribution in [2.45, 2.75) is 32.9 Å². The molecule has 8 nitrogen and oxygen atoms in total. The highest BCUT2D eigenvalue weighted by Crippen LogP contribution is 2.38. The quantitative estimate of drug-likeness (QED) is 0.414. The summed E-state index contributed by atoms with van der Waals surface area (Å²) in [5.74, 6) is -0.458. The number of anilines is 1. The lowest BCUT2D eigenvalue weighted by Crippen LogP contribution is -2.41. The first-order valence-corrected chi connectivity index (χ1v) is 13.7. The maximum atomic E-state index is 14.2. The fraction of sp³-hybridized carbons (Fsp3) is 0.259. The third kappa shape index (κ3) is 4.20. The number of amides is 1. The number of allylic oxidation sites excluding steroid dienone is 1. The summed E-state index contributed by atoms with van der Waals surface area (Å²) in [4.78, 5) is 47.4.